The molecule has 1 N–H and O–H groups in total. The zero-order valence-corrected chi connectivity index (χ0v) is 11.7. The molecule has 1 aliphatic heterocycles. The lowest BCUT2D eigenvalue weighted by Crippen LogP contribution is -2.49. The van der Waals surface area contributed by atoms with Gasteiger partial charge in [-0.05, 0) is 33.3 Å². The average molecular weight is 249 g/mol. The van der Waals surface area contributed by atoms with E-state index in [1.807, 2.05) is 13.8 Å². The fourth-order valence-corrected chi connectivity index (χ4v) is 2.09. The summed E-state index contributed by atoms with van der Waals surface area (Å²) < 4.78 is 11.3. The van der Waals surface area contributed by atoms with Crippen molar-refractivity contribution in [3.8, 4) is 0 Å². The van der Waals surface area contributed by atoms with E-state index in [-0.39, 0.29) is 6.04 Å². The van der Waals surface area contributed by atoms with Crippen LogP contribution in [0.15, 0.2) is 24.3 Å². The van der Waals surface area contributed by atoms with Gasteiger partial charge in [-0.15, -0.1) is 0 Å². The molecule has 0 aromatic heterocycles. The number of benzene rings is 1. The van der Waals surface area contributed by atoms with Crippen molar-refractivity contribution in [3.05, 3.63) is 35.4 Å². The molecule has 0 aliphatic carbocycles. The van der Waals surface area contributed by atoms with Crippen molar-refractivity contribution in [1.82, 2.24) is 5.32 Å². The molecule has 0 radical (unpaired) electrons. The Morgan fingerprint density at radius 1 is 1.17 bits per heavy atom. The number of rotatable bonds is 3. The van der Waals surface area contributed by atoms with Crippen LogP contribution in [0.2, 0.25) is 0 Å². The van der Waals surface area contributed by atoms with Crippen LogP contribution in [-0.4, -0.2) is 25.0 Å². The minimum absolute atomic E-state index is 0.259. The van der Waals surface area contributed by atoms with E-state index in [9.17, 15) is 0 Å². The first kappa shape index (κ1) is 13.5. The Labute approximate surface area is 109 Å². The fraction of sp³-hybridized carbons (Fsp3) is 0.600. The Morgan fingerprint density at radius 2 is 1.72 bits per heavy atom. The van der Waals surface area contributed by atoms with E-state index in [4.69, 9.17) is 9.47 Å². The number of hydrogen-bond donors (Lipinski definition) is 1. The fourth-order valence-electron chi connectivity index (χ4n) is 2.09. The molecule has 2 rings (SSSR count). The third-order valence-electron chi connectivity index (χ3n) is 3.33. The second-order valence-electron chi connectivity index (χ2n) is 5.52. The summed E-state index contributed by atoms with van der Waals surface area (Å²) in [5.41, 5.74) is 2.59. The van der Waals surface area contributed by atoms with Crippen LogP contribution in [0.4, 0.5) is 0 Å². The summed E-state index contributed by atoms with van der Waals surface area (Å²) in [6.07, 6.45) is 0. The molecule has 1 saturated heterocycles. The third-order valence-corrected chi connectivity index (χ3v) is 3.33. The van der Waals surface area contributed by atoms with Crippen molar-refractivity contribution in [1.29, 1.82) is 0 Å². The number of ether oxygens (including phenoxy) is 2. The van der Waals surface area contributed by atoms with Crippen molar-refractivity contribution in [2.75, 3.05) is 13.2 Å². The smallest absolute Gasteiger partial charge is 0.162 e. The molecule has 1 aromatic rings. The van der Waals surface area contributed by atoms with Crippen LogP contribution in [0.5, 0.6) is 0 Å². The Balaban J connectivity index is 1.88. The summed E-state index contributed by atoms with van der Waals surface area (Å²) in [7, 11) is 0. The molecule has 1 fully saturated rings. The minimum Gasteiger partial charge on any atom is -0.349 e. The van der Waals surface area contributed by atoms with E-state index in [0.29, 0.717) is 19.3 Å². The van der Waals surface area contributed by atoms with Gasteiger partial charge >= 0.3 is 0 Å². The van der Waals surface area contributed by atoms with Gasteiger partial charge in [0.1, 0.15) is 0 Å². The molecule has 1 heterocycles. The molecular weight excluding hydrogens is 226 g/mol. The van der Waals surface area contributed by atoms with Gasteiger partial charge in [-0.1, -0.05) is 29.8 Å². The third kappa shape index (κ3) is 3.55. The van der Waals surface area contributed by atoms with E-state index >= 15 is 0 Å². The second kappa shape index (κ2) is 5.39. The van der Waals surface area contributed by atoms with Crippen molar-refractivity contribution in [3.63, 3.8) is 0 Å². The number of aryl methyl sites for hydroxylation is 1. The van der Waals surface area contributed by atoms with Crippen LogP contribution in [0.1, 0.15) is 37.9 Å². The number of nitrogens with one attached hydrogen (secondary N) is 1. The molecule has 3 heteroatoms. The first-order chi connectivity index (χ1) is 8.46. The quantitative estimate of drug-likeness (QED) is 0.893. The van der Waals surface area contributed by atoms with Gasteiger partial charge in [-0.25, -0.2) is 0 Å². The molecule has 3 nitrogen and oxygen atoms in total. The lowest BCUT2D eigenvalue weighted by Gasteiger charge is -2.36. The maximum Gasteiger partial charge on any atom is 0.162 e. The highest BCUT2D eigenvalue weighted by Crippen LogP contribution is 2.19. The Kier molecular flexibility index (Phi) is 4.05. The van der Waals surface area contributed by atoms with Crippen LogP contribution >= 0.6 is 0 Å². The van der Waals surface area contributed by atoms with Crippen LogP contribution in [0.25, 0.3) is 0 Å². The molecule has 100 valence electrons. The van der Waals surface area contributed by atoms with Crippen LogP contribution in [0, 0.1) is 6.92 Å². The van der Waals surface area contributed by atoms with E-state index in [1.165, 1.54) is 11.1 Å². The summed E-state index contributed by atoms with van der Waals surface area (Å²) in [6, 6.07) is 9.19. The van der Waals surface area contributed by atoms with E-state index in [2.05, 4.69) is 43.4 Å². The largest absolute Gasteiger partial charge is 0.349 e. The van der Waals surface area contributed by atoms with Crippen LogP contribution in [0.3, 0.4) is 0 Å². The van der Waals surface area contributed by atoms with Crippen molar-refractivity contribution < 1.29 is 9.47 Å². The molecular formula is C15H23NO2. The Morgan fingerprint density at radius 3 is 2.28 bits per heavy atom. The minimum atomic E-state index is -0.439. The van der Waals surface area contributed by atoms with E-state index < -0.39 is 5.79 Å². The normalized spacial score (nSPS) is 21.8. The summed E-state index contributed by atoms with van der Waals surface area (Å²) in [4.78, 5) is 0. The number of hydrogen-bond acceptors (Lipinski definition) is 3. The Bertz CT molecular complexity index is 376. The summed E-state index contributed by atoms with van der Waals surface area (Å²) in [5.74, 6) is -0.439. The highest BCUT2D eigenvalue weighted by atomic mass is 16.7. The van der Waals surface area contributed by atoms with Gasteiger partial charge in [-0.3, -0.25) is 0 Å². The molecule has 18 heavy (non-hydrogen) atoms. The highest BCUT2D eigenvalue weighted by Gasteiger charge is 2.28. The van der Waals surface area contributed by atoms with Gasteiger partial charge in [0.25, 0.3) is 0 Å². The molecule has 1 aliphatic rings. The topological polar surface area (TPSA) is 30.5 Å². The Hall–Kier alpha value is -0.900. The van der Waals surface area contributed by atoms with Crippen LogP contribution < -0.4 is 5.32 Å². The molecule has 0 spiro atoms. The highest BCUT2D eigenvalue weighted by molar-refractivity contribution is 5.23. The summed E-state index contributed by atoms with van der Waals surface area (Å²) >= 11 is 0. The van der Waals surface area contributed by atoms with Gasteiger partial charge in [0.05, 0.1) is 19.3 Å². The van der Waals surface area contributed by atoms with Crippen molar-refractivity contribution >= 4 is 0 Å². The standard InChI is InChI=1S/C15H23NO2/c1-11-5-7-13(8-6-11)12(2)16-14-9-17-15(3,4)18-10-14/h5-8,12,14,16H,9-10H2,1-4H3. The predicted octanol–water partition coefficient (Wildman–Crippen LogP) is 2.80. The maximum atomic E-state index is 5.65. The molecule has 1 aromatic carbocycles. The molecule has 0 bridgehead atoms. The van der Waals surface area contributed by atoms with Gasteiger partial charge in [-0.2, -0.15) is 0 Å². The average Bonchev–Trinajstić information content (AvgIpc) is 2.33. The monoisotopic (exact) mass is 249 g/mol. The summed E-state index contributed by atoms with van der Waals surface area (Å²) in [6.45, 7) is 9.57. The van der Waals surface area contributed by atoms with Gasteiger partial charge in [0.15, 0.2) is 5.79 Å². The van der Waals surface area contributed by atoms with E-state index in [1.54, 1.807) is 0 Å². The molecule has 0 amide bonds. The predicted molar refractivity (Wildman–Crippen MR) is 72.5 cm³/mol. The molecule has 0 saturated carbocycles. The summed E-state index contributed by atoms with van der Waals surface area (Å²) in [5, 5.41) is 3.54. The molecule has 1 atom stereocenters. The lowest BCUT2D eigenvalue weighted by atomic mass is 10.1. The van der Waals surface area contributed by atoms with Gasteiger partial charge < -0.3 is 14.8 Å². The zero-order chi connectivity index (χ0) is 13.2. The van der Waals surface area contributed by atoms with Gasteiger partial charge in [0, 0.05) is 6.04 Å². The SMILES string of the molecule is Cc1ccc(C(C)NC2COC(C)(C)OC2)cc1. The van der Waals surface area contributed by atoms with Crippen LogP contribution in [-0.2, 0) is 9.47 Å². The zero-order valence-electron chi connectivity index (χ0n) is 11.7. The van der Waals surface area contributed by atoms with Crippen molar-refractivity contribution in [2.45, 2.75) is 45.6 Å². The van der Waals surface area contributed by atoms with Gasteiger partial charge in [0.2, 0.25) is 0 Å². The first-order valence-electron chi connectivity index (χ1n) is 6.57. The second-order valence-corrected chi connectivity index (χ2v) is 5.52. The molecule has 1 unspecified atom stereocenters. The lowest BCUT2D eigenvalue weighted by molar-refractivity contribution is -0.253. The maximum absolute atomic E-state index is 5.65. The van der Waals surface area contributed by atoms with Crippen molar-refractivity contribution in [2.24, 2.45) is 0 Å². The van der Waals surface area contributed by atoms with E-state index in [0.717, 1.165) is 0 Å². The first-order valence-corrected chi connectivity index (χ1v) is 6.57.